The van der Waals surface area contributed by atoms with Gasteiger partial charge in [-0.05, 0) is 24.3 Å². The summed E-state index contributed by atoms with van der Waals surface area (Å²) in [6, 6.07) is 19.0. The van der Waals surface area contributed by atoms with Crippen LogP contribution in [0.5, 0.6) is 0 Å². The molecule has 8 nitrogen and oxygen atoms in total. The van der Waals surface area contributed by atoms with E-state index in [2.05, 4.69) is 25.2 Å². The Kier molecular flexibility index (Phi) is 5.10. The standard InChI is InChI=1S/C23H20N6O2/c30-23(20-15-21(31-27-20)17-5-2-1-3-6-17)29-13-11-28(12-14-29)22-9-8-19(25-26-22)18-7-4-10-24-16-18/h1-10,15-16H,11-14H2. The van der Waals surface area contributed by atoms with E-state index in [0.717, 1.165) is 22.6 Å². The molecule has 1 aromatic carbocycles. The Labute approximate surface area is 179 Å². The molecule has 5 rings (SSSR count). The highest BCUT2D eigenvalue weighted by Gasteiger charge is 2.25. The van der Waals surface area contributed by atoms with Gasteiger partial charge in [0, 0.05) is 55.8 Å². The van der Waals surface area contributed by atoms with Crippen LogP contribution in [0.25, 0.3) is 22.6 Å². The average Bonchev–Trinajstić information content (AvgIpc) is 3.35. The third kappa shape index (κ3) is 4.00. The number of nitrogens with zero attached hydrogens (tertiary/aromatic N) is 6. The number of rotatable bonds is 4. The number of pyridine rings is 1. The van der Waals surface area contributed by atoms with Crippen LogP contribution in [0, 0.1) is 0 Å². The highest BCUT2D eigenvalue weighted by atomic mass is 16.5. The molecule has 1 aliphatic heterocycles. The third-order valence-electron chi connectivity index (χ3n) is 5.29. The van der Waals surface area contributed by atoms with Crippen LogP contribution in [0.1, 0.15) is 10.5 Å². The first-order valence-corrected chi connectivity index (χ1v) is 10.1. The van der Waals surface area contributed by atoms with Gasteiger partial charge >= 0.3 is 0 Å². The van der Waals surface area contributed by atoms with Gasteiger partial charge in [0.15, 0.2) is 17.3 Å². The predicted molar refractivity (Wildman–Crippen MR) is 115 cm³/mol. The minimum atomic E-state index is -0.122. The number of piperazine rings is 1. The number of benzene rings is 1. The summed E-state index contributed by atoms with van der Waals surface area (Å²) in [5.74, 6) is 1.27. The lowest BCUT2D eigenvalue weighted by atomic mass is 10.1. The molecule has 0 atom stereocenters. The van der Waals surface area contributed by atoms with Gasteiger partial charge in [-0.1, -0.05) is 35.5 Å². The highest BCUT2D eigenvalue weighted by Crippen LogP contribution is 2.22. The molecular formula is C23H20N6O2. The summed E-state index contributed by atoms with van der Waals surface area (Å²) in [5.41, 5.74) is 2.94. The fourth-order valence-corrected chi connectivity index (χ4v) is 3.58. The van der Waals surface area contributed by atoms with Crippen LogP contribution in [0.2, 0.25) is 0 Å². The average molecular weight is 412 g/mol. The van der Waals surface area contributed by atoms with Crippen molar-refractivity contribution in [3.8, 4) is 22.6 Å². The Balaban J connectivity index is 1.21. The quantitative estimate of drug-likeness (QED) is 0.509. The van der Waals surface area contributed by atoms with E-state index < -0.39 is 0 Å². The molecule has 4 heterocycles. The normalized spacial score (nSPS) is 13.9. The van der Waals surface area contributed by atoms with E-state index in [1.54, 1.807) is 23.4 Å². The van der Waals surface area contributed by atoms with E-state index >= 15 is 0 Å². The fraction of sp³-hybridized carbons (Fsp3) is 0.174. The molecule has 8 heteroatoms. The number of hydrogen-bond donors (Lipinski definition) is 0. The van der Waals surface area contributed by atoms with Crippen molar-refractivity contribution in [3.05, 3.63) is 78.8 Å². The maximum atomic E-state index is 12.8. The molecular weight excluding hydrogens is 392 g/mol. The van der Waals surface area contributed by atoms with E-state index in [1.807, 2.05) is 54.6 Å². The Morgan fingerprint density at radius 3 is 2.39 bits per heavy atom. The van der Waals surface area contributed by atoms with Gasteiger partial charge in [0.2, 0.25) is 0 Å². The summed E-state index contributed by atoms with van der Waals surface area (Å²) < 4.78 is 5.37. The second-order valence-corrected chi connectivity index (χ2v) is 7.24. The molecule has 3 aromatic heterocycles. The topological polar surface area (TPSA) is 88.3 Å². The molecule has 0 spiro atoms. The molecule has 0 N–H and O–H groups in total. The number of carbonyl (C=O) groups is 1. The van der Waals surface area contributed by atoms with Crippen molar-refractivity contribution in [2.24, 2.45) is 0 Å². The first-order chi connectivity index (χ1) is 15.3. The van der Waals surface area contributed by atoms with Crippen LogP contribution in [-0.4, -0.2) is 57.3 Å². The second-order valence-electron chi connectivity index (χ2n) is 7.24. The first kappa shape index (κ1) is 18.9. The maximum absolute atomic E-state index is 12.8. The van der Waals surface area contributed by atoms with Crippen LogP contribution in [0.4, 0.5) is 5.82 Å². The number of hydrogen-bond acceptors (Lipinski definition) is 7. The summed E-state index contributed by atoms with van der Waals surface area (Å²) >= 11 is 0. The highest BCUT2D eigenvalue weighted by molar-refractivity contribution is 5.93. The van der Waals surface area contributed by atoms with E-state index in [-0.39, 0.29) is 5.91 Å². The van der Waals surface area contributed by atoms with Gasteiger partial charge < -0.3 is 14.3 Å². The van der Waals surface area contributed by atoms with Crippen molar-refractivity contribution >= 4 is 11.7 Å². The summed E-state index contributed by atoms with van der Waals surface area (Å²) in [6.45, 7) is 2.52. The summed E-state index contributed by atoms with van der Waals surface area (Å²) in [6.07, 6.45) is 3.49. The van der Waals surface area contributed by atoms with Gasteiger partial charge in [-0.15, -0.1) is 10.2 Å². The number of carbonyl (C=O) groups excluding carboxylic acids is 1. The molecule has 31 heavy (non-hydrogen) atoms. The Morgan fingerprint density at radius 2 is 1.68 bits per heavy atom. The molecule has 0 aliphatic carbocycles. The second kappa shape index (κ2) is 8.35. The van der Waals surface area contributed by atoms with Gasteiger partial charge in [0.1, 0.15) is 0 Å². The lowest BCUT2D eigenvalue weighted by Crippen LogP contribution is -2.49. The number of anilines is 1. The lowest BCUT2D eigenvalue weighted by molar-refractivity contribution is 0.0736. The van der Waals surface area contributed by atoms with E-state index in [9.17, 15) is 4.79 Å². The van der Waals surface area contributed by atoms with Gasteiger partial charge in [0.25, 0.3) is 5.91 Å². The van der Waals surface area contributed by atoms with Gasteiger partial charge in [-0.2, -0.15) is 0 Å². The van der Waals surface area contributed by atoms with Gasteiger partial charge in [0.05, 0.1) is 5.69 Å². The third-order valence-corrected chi connectivity index (χ3v) is 5.29. The zero-order valence-electron chi connectivity index (χ0n) is 16.8. The summed E-state index contributed by atoms with van der Waals surface area (Å²) in [7, 11) is 0. The van der Waals surface area contributed by atoms with Crippen molar-refractivity contribution in [1.82, 2.24) is 25.2 Å². The monoisotopic (exact) mass is 412 g/mol. The molecule has 0 unspecified atom stereocenters. The minimum absolute atomic E-state index is 0.122. The Hall–Kier alpha value is -4.07. The van der Waals surface area contributed by atoms with E-state index in [4.69, 9.17) is 4.52 Å². The molecule has 1 saturated heterocycles. The SMILES string of the molecule is O=C(c1cc(-c2ccccc2)on1)N1CCN(c2ccc(-c3cccnc3)nn2)CC1. The minimum Gasteiger partial charge on any atom is -0.355 e. The van der Waals surface area contributed by atoms with Gasteiger partial charge in [-0.3, -0.25) is 9.78 Å². The maximum Gasteiger partial charge on any atom is 0.276 e. The van der Waals surface area contributed by atoms with Crippen LogP contribution < -0.4 is 4.90 Å². The largest absolute Gasteiger partial charge is 0.355 e. The van der Waals surface area contributed by atoms with Crippen LogP contribution in [0.3, 0.4) is 0 Å². The first-order valence-electron chi connectivity index (χ1n) is 10.1. The number of aromatic nitrogens is 4. The van der Waals surface area contributed by atoms with Crippen LogP contribution >= 0.6 is 0 Å². The molecule has 0 bridgehead atoms. The molecule has 0 saturated carbocycles. The summed E-state index contributed by atoms with van der Waals surface area (Å²) in [5, 5.41) is 12.7. The predicted octanol–water partition coefficient (Wildman–Crippen LogP) is 3.16. The zero-order chi connectivity index (χ0) is 21.0. The molecule has 1 fully saturated rings. The molecule has 1 aliphatic rings. The van der Waals surface area contributed by atoms with Crippen molar-refractivity contribution in [2.45, 2.75) is 0 Å². The Morgan fingerprint density at radius 1 is 0.871 bits per heavy atom. The smallest absolute Gasteiger partial charge is 0.276 e. The molecule has 4 aromatic rings. The van der Waals surface area contributed by atoms with Crippen molar-refractivity contribution in [3.63, 3.8) is 0 Å². The van der Waals surface area contributed by atoms with Crippen LogP contribution in [0.15, 0.2) is 77.6 Å². The van der Waals surface area contributed by atoms with Crippen molar-refractivity contribution < 1.29 is 9.32 Å². The van der Waals surface area contributed by atoms with Crippen molar-refractivity contribution in [1.29, 1.82) is 0 Å². The van der Waals surface area contributed by atoms with Crippen molar-refractivity contribution in [2.75, 3.05) is 31.1 Å². The summed E-state index contributed by atoms with van der Waals surface area (Å²) in [4.78, 5) is 20.9. The van der Waals surface area contributed by atoms with E-state index in [0.29, 0.717) is 37.6 Å². The lowest BCUT2D eigenvalue weighted by Gasteiger charge is -2.34. The molecule has 0 radical (unpaired) electrons. The van der Waals surface area contributed by atoms with Gasteiger partial charge in [-0.25, -0.2) is 0 Å². The van der Waals surface area contributed by atoms with E-state index in [1.165, 1.54) is 0 Å². The molecule has 154 valence electrons. The Bertz CT molecular complexity index is 1150. The zero-order valence-corrected chi connectivity index (χ0v) is 16.8. The molecule has 1 amide bonds. The fourth-order valence-electron chi connectivity index (χ4n) is 3.58. The number of amides is 1. The van der Waals surface area contributed by atoms with Crippen LogP contribution in [-0.2, 0) is 0 Å².